The summed E-state index contributed by atoms with van der Waals surface area (Å²) in [7, 11) is -4.27. The van der Waals surface area contributed by atoms with E-state index in [9.17, 15) is 18.3 Å². The smallest absolute Gasteiger partial charge is 0.326 e. The van der Waals surface area contributed by atoms with Gasteiger partial charge in [-0.15, -0.1) is 0 Å². The molecule has 0 radical (unpaired) electrons. The maximum absolute atomic E-state index is 12.5. The number of hydrogen-bond donors (Lipinski definition) is 2. The summed E-state index contributed by atoms with van der Waals surface area (Å²) in [6.45, 7) is 1.78. The molecule has 0 aliphatic heterocycles. The predicted molar refractivity (Wildman–Crippen MR) is 85.4 cm³/mol. The third-order valence-corrected chi connectivity index (χ3v) is 5.52. The Bertz CT molecular complexity index is 889. The van der Waals surface area contributed by atoms with Gasteiger partial charge in [-0.25, -0.2) is 8.42 Å². The van der Waals surface area contributed by atoms with Gasteiger partial charge in [-0.2, -0.15) is 4.72 Å². The largest absolute Gasteiger partial charge is 0.480 e. The van der Waals surface area contributed by atoms with Crippen molar-refractivity contribution in [3.05, 3.63) is 46.1 Å². The molecule has 1 aromatic carbocycles. The Kier molecular flexibility index (Phi) is 4.37. The number of aryl methyl sites for hydroxylation is 1. The van der Waals surface area contributed by atoms with Crippen molar-refractivity contribution in [2.24, 2.45) is 0 Å². The van der Waals surface area contributed by atoms with Crippen LogP contribution in [0, 0.1) is 6.92 Å². The average molecular weight is 371 g/mol. The van der Waals surface area contributed by atoms with E-state index in [1.165, 1.54) is 6.07 Å². The second-order valence-corrected chi connectivity index (χ2v) is 7.74. The van der Waals surface area contributed by atoms with Gasteiger partial charge in [0.25, 0.3) is 15.1 Å². The fourth-order valence-corrected chi connectivity index (χ4v) is 4.03. The van der Waals surface area contributed by atoms with Crippen molar-refractivity contribution in [1.29, 1.82) is 0 Å². The first kappa shape index (κ1) is 16.9. The zero-order chi connectivity index (χ0) is 17.5. The summed E-state index contributed by atoms with van der Waals surface area (Å²) in [6.07, 6.45) is 1.75. The van der Waals surface area contributed by atoms with E-state index in [2.05, 4.69) is 9.88 Å². The van der Waals surface area contributed by atoms with Crippen LogP contribution in [0.25, 0.3) is 0 Å². The molecule has 7 nitrogen and oxygen atoms in total. The monoisotopic (exact) mass is 370 g/mol. The normalized spacial score (nSPS) is 16.1. The van der Waals surface area contributed by atoms with Crippen molar-refractivity contribution in [3.63, 3.8) is 0 Å². The molecule has 0 bridgehead atoms. The lowest BCUT2D eigenvalue weighted by molar-refractivity contribution is -0.139. The molecule has 1 atom stereocenters. The summed E-state index contributed by atoms with van der Waals surface area (Å²) < 4.78 is 32.0. The van der Waals surface area contributed by atoms with Crippen molar-refractivity contribution in [2.45, 2.75) is 36.8 Å². The number of rotatable bonds is 6. The summed E-state index contributed by atoms with van der Waals surface area (Å²) >= 11 is 6.06. The van der Waals surface area contributed by atoms with Crippen molar-refractivity contribution in [1.82, 2.24) is 9.88 Å². The molecule has 0 amide bonds. The second kappa shape index (κ2) is 6.19. The van der Waals surface area contributed by atoms with Crippen LogP contribution < -0.4 is 4.72 Å². The maximum atomic E-state index is 12.5. The molecule has 128 valence electrons. The van der Waals surface area contributed by atoms with Crippen molar-refractivity contribution in [2.75, 3.05) is 0 Å². The molecule has 1 saturated carbocycles. The third-order valence-electron chi connectivity index (χ3n) is 3.73. The molecule has 2 aromatic rings. The van der Waals surface area contributed by atoms with Crippen molar-refractivity contribution < 1.29 is 22.8 Å². The predicted octanol–water partition coefficient (Wildman–Crippen LogP) is 2.62. The molecule has 9 heteroatoms. The number of benzene rings is 1. The Labute approximate surface area is 143 Å². The first-order valence-electron chi connectivity index (χ1n) is 7.26. The van der Waals surface area contributed by atoms with Gasteiger partial charge in [0.2, 0.25) is 0 Å². The number of carboxylic acids is 1. The van der Waals surface area contributed by atoms with Crippen molar-refractivity contribution >= 4 is 27.6 Å². The first-order chi connectivity index (χ1) is 11.3. The number of sulfonamides is 1. The van der Waals surface area contributed by atoms with Crippen LogP contribution in [-0.4, -0.2) is 24.7 Å². The summed E-state index contributed by atoms with van der Waals surface area (Å²) in [4.78, 5) is 11.5. The highest BCUT2D eigenvalue weighted by molar-refractivity contribution is 7.89. The molecule has 3 rings (SSSR count). The Hall–Kier alpha value is -1.90. The average Bonchev–Trinajstić information content (AvgIpc) is 3.27. The topological polar surface area (TPSA) is 110 Å². The van der Waals surface area contributed by atoms with Gasteiger partial charge in [0, 0.05) is 5.92 Å². The number of aromatic nitrogens is 1. The van der Waals surface area contributed by atoms with Gasteiger partial charge in [-0.05, 0) is 25.3 Å². The van der Waals surface area contributed by atoms with Crippen LogP contribution in [0.5, 0.6) is 0 Å². The molecule has 1 aliphatic rings. The van der Waals surface area contributed by atoms with Gasteiger partial charge < -0.3 is 9.63 Å². The molecule has 1 aromatic heterocycles. The molecular weight excluding hydrogens is 356 g/mol. The van der Waals surface area contributed by atoms with Gasteiger partial charge >= 0.3 is 5.97 Å². The fourth-order valence-electron chi connectivity index (χ4n) is 2.37. The van der Waals surface area contributed by atoms with E-state index in [-0.39, 0.29) is 10.9 Å². The lowest BCUT2D eigenvalue weighted by Crippen LogP contribution is -2.33. The van der Waals surface area contributed by atoms with Crippen LogP contribution in [0.4, 0.5) is 0 Å². The Morgan fingerprint density at radius 1 is 1.46 bits per heavy atom. The lowest BCUT2D eigenvalue weighted by atomic mass is 10.1. The third kappa shape index (κ3) is 3.31. The van der Waals surface area contributed by atoms with Crippen LogP contribution in [0.1, 0.15) is 41.6 Å². The summed E-state index contributed by atoms with van der Waals surface area (Å²) in [6, 6.07) is 5.11. The second-order valence-electron chi connectivity index (χ2n) is 5.75. The van der Waals surface area contributed by atoms with Crippen molar-refractivity contribution in [3.8, 4) is 0 Å². The SMILES string of the molecule is Cc1cccc(C(NS(=O)(=O)c2onc(C3CC3)c2Cl)C(=O)O)c1. The molecule has 2 N–H and O–H groups in total. The molecule has 24 heavy (non-hydrogen) atoms. The molecular formula is C15H15ClN2O5S. The number of nitrogens with one attached hydrogen (secondary N) is 1. The van der Waals surface area contributed by atoms with Gasteiger partial charge in [0.15, 0.2) is 0 Å². The van der Waals surface area contributed by atoms with E-state index in [1.54, 1.807) is 25.1 Å². The standard InChI is InChI=1S/C15H15ClN2O5S/c1-8-3-2-4-10(7-8)13(14(19)20)18-24(21,22)15-11(16)12(17-23-15)9-5-6-9/h2-4,7,9,13,18H,5-6H2,1H3,(H,19,20). The zero-order valence-electron chi connectivity index (χ0n) is 12.7. The van der Waals surface area contributed by atoms with Crippen LogP contribution in [0.15, 0.2) is 33.9 Å². The lowest BCUT2D eigenvalue weighted by Gasteiger charge is -2.14. The molecule has 1 heterocycles. The molecule has 1 unspecified atom stereocenters. The van der Waals surface area contributed by atoms with E-state index in [0.29, 0.717) is 11.3 Å². The summed E-state index contributed by atoms with van der Waals surface area (Å²) in [5, 5.41) is 12.5. The Morgan fingerprint density at radius 2 is 2.17 bits per heavy atom. The summed E-state index contributed by atoms with van der Waals surface area (Å²) in [5.74, 6) is -1.22. The van der Waals surface area contributed by atoms with E-state index < -0.39 is 27.1 Å². The van der Waals surface area contributed by atoms with Gasteiger partial charge in [0.1, 0.15) is 16.8 Å². The number of hydrogen-bond acceptors (Lipinski definition) is 5. The number of carbonyl (C=O) groups is 1. The van der Waals surface area contributed by atoms with Crippen LogP contribution in [0.3, 0.4) is 0 Å². The van der Waals surface area contributed by atoms with Gasteiger partial charge in [-0.1, -0.05) is 46.6 Å². The number of halogens is 1. The van der Waals surface area contributed by atoms with E-state index in [4.69, 9.17) is 16.1 Å². The molecule has 0 saturated heterocycles. The molecule has 0 spiro atoms. The number of nitrogens with zero attached hydrogens (tertiary/aromatic N) is 1. The zero-order valence-corrected chi connectivity index (χ0v) is 14.3. The maximum Gasteiger partial charge on any atom is 0.326 e. The molecule has 1 aliphatic carbocycles. The van der Waals surface area contributed by atoms with Gasteiger partial charge in [0.05, 0.1) is 0 Å². The fraction of sp³-hybridized carbons (Fsp3) is 0.333. The number of carboxylic acid groups (broad SMARTS) is 1. The highest BCUT2D eigenvalue weighted by atomic mass is 35.5. The Balaban J connectivity index is 1.93. The first-order valence-corrected chi connectivity index (χ1v) is 9.12. The van der Waals surface area contributed by atoms with Gasteiger partial charge in [-0.3, -0.25) is 4.79 Å². The minimum atomic E-state index is -4.27. The molecule has 1 fully saturated rings. The van der Waals surface area contributed by atoms with E-state index in [1.807, 2.05) is 0 Å². The highest BCUT2D eigenvalue weighted by Crippen LogP contribution is 2.44. The quantitative estimate of drug-likeness (QED) is 0.808. The Morgan fingerprint density at radius 3 is 2.75 bits per heavy atom. The number of aliphatic carboxylic acids is 1. The van der Waals surface area contributed by atoms with E-state index in [0.717, 1.165) is 18.4 Å². The highest BCUT2D eigenvalue weighted by Gasteiger charge is 2.37. The minimum Gasteiger partial charge on any atom is -0.480 e. The van der Waals surface area contributed by atoms with Crippen LogP contribution >= 0.6 is 11.6 Å². The van der Waals surface area contributed by atoms with Crippen LogP contribution in [0.2, 0.25) is 5.02 Å². The van der Waals surface area contributed by atoms with Crippen LogP contribution in [-0.2, 0) is 14.8 Å². The summed E-state index contributed by atoms with van der Waals surface area (Å²) in [5.41, 5.74) is 1.52. The minimum absolute atomic E-state index is 0.0848. The van der Waals surface area contributed by atoms with E-state index >= 15 is 0 Å².